The molecule has 2 fully saturated rings. The Morgan fingerprint density at radius 2 is 1.40 bits per heavy atom. The number of aromatic carboxylic acids is 1. The molecule has 2 aliphatic rings. The summed E-state index contributed by atoms with van der Waals surface area (Å²) in [6, 6.07) is 4.54. The lowest BCUT2D eigenvalue weighted by molar-refractivity contribution is -0.132. The van der Waals surface area contributed by atoms with Crippen LogP contribution >= 0.6 is 0 Å². The van der Waals surface area contributed by atoms with Crippen molar-refractivity contribution in [2.24, 2.45) is 0 Å². The first-order valence-corrected chi connectivity index (χ1v) is 11.0. The van der Waals surface area contributed by atoms with Gasteiger partial charge in [0.2, 0.25) is 11.8 Å². The number of carboxylic acid groups (broad SMARTS) is 1. The second-order valence-corrected chi connectivity index (χ2v) is 8.38. The molecule has 3 rings (SSSR count). The van der Waals surface area contributed by atoms with E-state index in [0.29, 0.717) is 5.75 Å². The molecule has 0 atom stereocenters. The van der Waals surface area contributed by atoms with Gasteiger partial charge in [-0.3, -0.25) is 9.59 Å². The van der Waals surface area contributed by atoms with Gasteiger partial charge < -0.3 is 20.5 Å². The van der Waals surface area contributed by atoms with Gasteiger partial charge in [0.25, 0.3) is 0 Å². The van der Waals surface area contributed by atoms with Crippen molar-refractivity contribution in [1.29, 1.82) is 0 Å². The quantitative estimate of drug-likeness (QED) is 0.591. The van der Waals surface area contributed by atoms with Crippen molar-refractivity contribution in [2.75, 3.05) is 7.11 Å². The highest BCUT2D eigenvalue weighted by Gasteiger charge is 2.35. The number of carbonyl (C=O) groups excluding carboxylic acids is 2. The van der Waals surface area contributed by atoms with E-state index in [1.807, 2.05) is 0 Å². The van der Waals surface area contributed by atoms with Crippen LogP contribution in [0, 0.1) is 0 Å². The Labute approximate surface area is 177 Å². The fraction of sp³-hybridized carbons (Fsp3) is 0.609. The Kier molecular flexibility index (Phi) is 7.71. The number of hydrogen-bond donors (Lipinski definition) is 3. The van der Waals surface area contributed by atoms with Gasteiger partial charge in [-0.15, -0.1) is 0 Å². The van der Waals surface area contributed by atoms with E-state index in [2.05, 4.69) is 10.6 Å². The van der Waals surface area contributed by atoms with Gasteiger partial charge in [0.05, 0.1) is 12.7 Å². The van der Waals surface area contributed by atoms with Crippen LogP contribution in [-0.2, 0) is 9.59 Å². The Morgan fingerprint density at radius 1 is 0.900 bits per heavy atom. The molecule has 1 aromatic rings. The smallest absolute Gasteiger partial charge is 0.336 e. The third-order valence-corrected chi connectivity index (χ3v) is 6.23. The van der Waals surface area contributed by atoms with Crippen LogP contribution in [0.25, 0.3) is 0 Å². The van der Waals surface area contributed by atoms with E-state index < -0.39 is 23.7 Å². The standard InChI is InChI=1S/C23H32N2O5/c1-30-17-12-13-18(19(14-17)23(28)29)20(21(26)24-15-8-4-2-5-9-15)22(27)25-16-10-6-3-7-11-16/h12-16,20H,2-11H2,1H3,(H,24,26)(H,25,27)(H,28,29). The van der Waals surface area contributed by atoms with Crippen molar-refractivity contribution in [2.45, 2.75) is 82.2 Å². The summed E-state index contributed by atoms with van der Waals surface area (Å²) in [5.41, 5.74) is 0.113. The first-order valence-electron chi connectivity index (χ1n) is 11.0. The summed E-state index contributed by atoms with van der Waals surface area (Å²) in [4.78, 5) is 38.4. The van der Waals surface area contributed by atoms with Gasteiger partial charge in [-0.1, -0.05) is 44.6 Å². The number of rotatable bonds is 7. The summed E-state index contributed by atoms with van der Waals surface area (Å²) in [6.45, 7) is 0. The fourth-order valence-corrected chi connectivity index (χ4v) is 4.56. The lowest BCUT2D eigenvalue weighted by Crippen LogP contribution is -2.47. The molecule has 7 heteroatoms. The topological polar surface area (TPSA) is 105 Å². The van der Waals surface area contributed by atoms with Gasteiger partial charge in [0, 0.05) is 12.1 Å². The number of benzene rings is 1. The molecule has 0 heterocycles. The van der Waals surface area contributed by atoms with Gasteiger partial charge in [-0.2, -0.15) is 0 Å². The summed E-state index contributed by atoms with van der Waals surface area (Å²) in [5, 5.41) is 15.7. The lowest BCUT2D eigenvalue weighted by atomic mass is 9.89. The van der Waals surface area contributed by atoms with Gasteiger partial charge in [-0.25, -0.2) is 4.79 Å². The molecular formula is C23H32N2O5. The molecule has 0 unspecified atom stereocenters. The van der Waals surface area contributed by atoms with Crippen LogP contribution < -0.4 is 15.4 Å². The second-order valence-electron chi connectivity index (χ2n) is 8.38. The Bertz CT molecular complexity index is 735. The molecule has 2 aliphatic carbocycles. The van der Waals surface area contributed by atoms with Gasteiger partial charge in [0.1, 0.15) is 11.7 Å². The third-order valence-electron chi connectivity index (χ3n) is 6.23. The van der Waals surface area contributed by atoms with E-state index in [-0.39, 0.29) is 23.2 Å². The minimum absolute atomic E-state index is 0.0303. The molecule has 164 valence electrons. The van der Waals surface area contributed by atoms with E-state index in [9.17, 15) is 19.5 Å². The van der Waals surface area contributed by atoms with Crippen LogP contribution in [0.2, 0.25) is 0 Å². The van der Waals surface area contributed by atoms with Crippen LogP contribution in [0.1, 0.15) is 86.0 Å². The number of methoxy groups -OCH3 is 1. The summed E-state index contributed by atoms with van der Waals surface area (Å²) in [6.07, 6.45) is 10.0. The van der Waals surface area contributed by atoms with Crippen molar-refractivity contribution >= 4 is 17.8 Å². The SMILES string of the molecule is COc1ccc(C(C(=O)NC2CCCCC2)C(=O)NC2CCCCC2)c(C(=O)O)c1. The van der Waals surface area contributed by atoms with E-state index in [4.69, 9.17) is 4.74 Å². The Morgan fingerprint density at radius 3 is 1.83 bits per heavy atom. The predicted molar refractivity (Wildman–Crippen MR) is 113 cm³/mol. The number of carboxylic acids is 1. The highest BCUT2D eigenvalue weighted by Crippen LogP contribution is 2.28. The average molecular weight is 417 g/mol. The van der Waals surface area contributed by atoms with E-state index in [1.165, 1.54) is 19.2 Å². The minimum Gasteiger partial charge on any atom is -0.497 e. The van der Waals surface area contributed by atoms with E-state index in [0.717, 1.165) is 64.2 Å². The normalized spacial score (nSPS) is 18.1. The minimum atomic E-state index is -1.20. The van der Waals surface area contributed by atoms with Gasteiger partial charge in [0.15, 0.2) is 0 Å². The largest absolute Gasteiger partial charge is 0.497 e. The number of hydrogen-bond acceptors (Lipinski definition) is 4. The molecule has 1 aromatic carbocycles. The zero-order chi connectivity index (χ0) is 21.5. The average Bonchev–Trinajstić information content (AvgIpc) is 2.75. The number of carbonyl (C=O) groups is 3. The lowest BCUT2D eigenvalue weighted by Gasteiger charge is -2.28. The van der Waals surface area contributed by atoms with E-state index >= 15 is 0 Å². The highest BCUT2D eigenvalue weighted by atomic mass is 16.5. The molecule has 7 nitrogen and oxygen atoms in total. The molecule has 0 bridgehead atoms. The van der Waals surface area contributed by atoms with Crippen LogP contribution in [0.5, 0.6) is 5.75 Å². The number of ether oxygens (including phenoxy) is 1. The molecule has 0 spiro atoms. The first-order chi connectivity index (χ1) is 14.5. The monoisotopic (exact) mass is 416 g/mol. The Balaban J connectivity index is 1.88. The zero-order valence-electron chi connectivity index (χ0n) is 17.6. The molecule has 3 N–H and O–H groups in total. The third kappa shape index (κ3) is 5.52. The maximum Gasteiger partial charge on any atom is 0.336 e. The maximum absolute atomic E-state index is 13.2. The zero-order valence-corrected chi connectivity index (χ0v) is 17.6. The second kappa shape index (κ2) is 10.5. The van der Waals surface area contributed by atoms with Crippen LogP contribution in [-0.4, -0.2) is 42.1 Å². The van der Waals surface area contributed by atoms with Crippen molar-refractivity contribution in [3.8, 4) is 5.75 Å². The molecule has 0 aromatic heterocycles. The van der Waals surface area contributed by atoms with Crippen molar-refractivity contribution in [1.82, 2.24) is 10.6 Å². The van der Waals surface area contributed by atoms with Gasteiger partial charge in [-0.05, 0) is 43.4 Å². The van der Waals surface area contributed by atoms with Crippen molar-refractivity contribution in [3.05, 3.63) is 29.3 Å². The van der Waals surface area contributed by atoms with Gasteiger partial charge >= 0.3 is 5.97 Å². The van der Waals surface area contributed by atoms with Crippen LogP contribution in [0.3, 0.4) is 0 Å². The molecule has 0 saturated heterocycles. The summed E-state index contributed by atoms with van der Waals surface area (Å²) in [7, 11) is 1.45. The molecule has 2 saturated carbocycles. The Hall–Kier alpha value is -2.57. The predicted octanol–water partition coefficient (Wildman–Crippen LogP) is 3.37. The molecule has 2 amide bonds. The maximum atomic E-state index is 13.2. The van der Waals surface area contributed by atoms with E-state index in [1.54, 1.807) is 6.07 Å². The molecule has 0 radical (unpaired) electrons. The number of amides is 2. The first kappa shape index (κ1) is 22.1. The molecule has 0 aliphatic heterocycles. The summed E-state index contributed by atoms with van der Waals surface area (Å²) < 4.78 is 5.14. The molecule has 30 heavy (non-hydrogen) atoms. The van der Waals surface area contributed by atoms with Crippen LogP contribution in [0.4, 0.5) is 0 Å². The van der Waals surface area contributed by atoms with Crippen molar-refractivity contribution < 1.29 is 24.2 Å². The summed E-state index contributed by atoms with van der Waals surface area (Å²) in [5.74, 6) is -2.88. The molecular weight excluding hydrogens is 384 g/mol. The van der Waals surface area contributed by atoms with Crippen LogP contribution in [0.15, 0.2) is 18.2 Å². The van der Waals surface area contributed by atoms with Crippen molar-refractivity contribution in [3.63, 3.8) is 0 Å². The number of nitrogens with one attached hydrogen (secondary N) is 2. The summed E-state index contributed by atoms with van der Waals surface area (Å²) >= 11 is 0. The fourth-order valence-electron chi connectivity index (χ4n) is 4.56. The highest BCUT2D eigenvalue weighted by molar-refractivity contribution is 6.08.